The van der Waals surface area contributed by atoms with E-state index in [2.05, 4.69) is 37.5 Å². The lowest BCUT2D eigenvalue weighted by Gasteiger charge is -2.28. The first-order valence-electron chi connectivity index (χ1n) is 10.1. The molecule has 0 unspecified atom stereocenters. The number of ether oxygens (including phenoxy) is 1. The molecule has 1 fully saturated rings. The summed E-state index contributed by atoms with van der Waals surface area (Å²) in [5.41, 5.74) is 1.72. The molecule has 3 aromatic rings. The molecule has 1 saturated heterocycles. The molecule has 1 aliphatic heterocycles. The number of halogens is 2. The van der Waals surface area contributed by atoms with Gasteiger partial charge in [0.1, 0.15) is 0 Å². The van der Waals surface area contributed by atoms with Crippen molar-refractivity contribution < 1.29 is 9.53 Å². The highest BCUT2D eigenvalue weighted by atomic mass is 35.5. The minimum Gasteiger partial charge on any atom is -0.378 e. The van der Waals surface area contributed by atoms with Crippen LogP contribution in [0.2, 0.25) is 10.0 Å². The molecular formula is C21H22Cl2N6O2S. The van der Waals surface area contributed by atoms with Crippen LogP contribution in [0, 0.1) is 6.92 Å². The van der Waals surface area contributed by atoms with Crippen LogP contribution in [0.3, 0.4) is 0 Å². The Bertz CT molecular complexity index is 1090. The number of anilines is 2. The Labute approximate surface area is 200 Å². The molecule has 2 aromatic heterocycles. The number of benzene rings is 1. The number of amides is 1. The molecule has 1 aromatic carbocycles. The Morgan fingerprint density at radius 1 is 1.16 bits per heavy atom. The van der Waals surface area contributed by atoms with Gasteiger partial charge < -0.3 is 15.0 Å². The van der Waals surface area contributed by atoms with Gasteiger partial charge in [0.15, 0.2) is 11.0 Å². The van der Waals surface area contributed by atoms with Crippen molar-refractivity contribution in [3.63, 3.8) is 0 Å². The molecule has 11 heteroatoms. The molecule has 1 aliphatic rings. The maximum absolute atomic E-state index is 12.6. The summed E-state index contributed by atoms with van der Waals surface area (Å²) in [4.78, 5) is 19.0. The summed E-state index contributed by atoms with van der Waals surface area (Å²) in [5, 5.41) is 12.9. The van der Waals surface area contributed by atoms with Crippen LogP contribution < -0.4 is 10.2 Å². The van der Waals surface area contributed by atoms with Crippen LogP contribution in [0.4, 0.5) is 11.8 Å². The lowest BCUT2D eigenvalue weighted by Crippen LogP contribution is -2.38. The van der Waals surface area contributed by atoms with Gasteiger partial charge in [-0.05, 0) is 18.6 Å². The van der Waals surface area contributed by atoms with E-state index in [9.17, 15) is 4.79 Å². The predicted octanol–water partition coefficient (Wildman–Crippen LogP) is 3.90. The van der Waals surface area contributed by atoms with Crippen molar-refractivity contribution in [2.75, 3.05) is 42.3 Å². The van der Waals surface area contributed by atoms with E-state index in [1.807, 2.05) is 22.8 Å². The van der Waals surface area contributed by atoms with Crippen molar-refractivity contribution in [3.8, 4) is 0 Å². The maximum atomic E-state index is 12.6. The fourth-order valence-electron chi connectivity index (χ4n) is 3.23. The summed E-state index contributed by atoms with van der Waals surface area (Å²) in [6.45, 7) is 5.15. The van der Waals surface area contributed by atoms with E-state index in [0.717, 1.165) is 24.6 Å². The third-order valence-electron chi connectivity index (χ3n) is 4.87. The number of aromatic nitrogens is 4. The van der Waals surface area contributed by atoms with Gasteiger partial charge in [0, 0.05) is 13.1 Å². The Hall–Kier alpha value is -2.33. The van der Waals surface area contributed by atoms with Gasteiger partial charge in [-0.3, -0.25) is 9.36 Å². The quantitative estimate of drug-likeness (QED) is 0.500. The number of hydrogen-bond acceptors (Lipinski definition) is 7. The fourth-order valence-corrected chi connectivity index (χ4v) is 4.37. The van der Waals surface area contributed by atoms with Crippen molar-refractivity contribution in [2.24, 2.45) is 0 Å². The zero-order valence-electron chi connectivity index (χ0n) is 17.4. The summed E-state index contributed by atoms with van der Waals surface area (Å²) < 4.78 is 7.50. The molecule has 0 radical (unpaired) electrons. The lowest BCUT2D eigenvalue weighted by atomic mass is 10.2. The maximum Gasteiger partial charge on any atom is 0.236 e. The number of aryl methyl sites for hydroxylation is 1. The molecule has 1 N–H and O–H groups in total. The molecule has 0 saturated carbocycles. The van der Waals surface area contributed by atoms with Gasteiger partial charge in [-0.25, -0.2) is 4.98 Å². The number of nitrogens with one attached hydrogen (secondary N) is 1. The molecule has 0 spiro atoms. The Kier molecular flexibility index (Phi) is 7.51. The van der Waals surface area contributed by atoms with Crippen LogP contribution in [0.5, 0.6) is 0 Å². The lowest BCUT2D eigenvalue weighted by molar-refractivity contribution is -0.113. The molecule has 0 aliphatic carbocycles. The SMILES string of the molecule is Cc1nc(NC(=O)CSc2nnc(N3CCOCC3)n2Cc2ccccc2)c(Cl)cc1Cl. The van der Waals surface area contributed by atoms with E-state index in [-0.39, 0.29) is 11.7 Å². The number of thioether (sulfide) groups is 1. The van der Waals surface area contributed by atoms with Gasteiger partial charge >= 0.3 is 0 Å². The van der Waals surface area contributed by atoms with Gasteiger partial charge in [-0.1, -0.05) is 65.3 Å². The summed E-state index contributed by atoms with van der Waals surface area (Å²) >= 11 is 13.5. The highest BCUT2D eigenvalue weighted by molar-refractivity contribution is 7.99. The summed E-state index contributed by atoms with van der Waals surface area (Å²) in [6.07, 6.45) is 0. The van der Waals surface area contributed by atoms with Crippen LogP contribution in [0.25, 0.3) is 0 Å². The van der Waals surface area contributed by atoms with Gasteiger partial charge in [0.2, 0.25) is 11.9 Å². The van der Waals surface area contributed by atoms with Crippen molar-refractivity contribution in [3.05, 3.63) is 57.7 Å². The van der Waals surface area contributed by atoms with Crippen LogP contribution in [-0.2, 0) is 16.1 Å². The average Bonchev–Trinajstić information content (AvgIpc) is 3.19. The highest BCUT2D eigenvalue weighted by Gasteiger charge is 2.21. The molecule has 8 nitrogen and oxygen atoms in total. The molecule has 1 amide bonds. The number of morpholine rings is 1. The molecular weight excluding hydrogens is 471 g/mol. The Morgan fingerprint density at radius 2 is 1.91 bits per heavy atom. The topological polar surface area (TPSA) is 85.2 Å². The largest absolute Gasteiger partial charge is 0.378 e. The van der Waals surface area contributed by atoms with Gasteiger partial charge in [-0.2, -0.15) is 0 Å². The summed E-state index contributed by atoms with van der Waals surface area (Å²) in [6, 6.07) is 11.7. The smallest absolute Gasteiger partial charge is 0.236 e. The number of hydrogen-bond donors (Lipinski definition) is 1. The van der Waals surface area contributed by atoms with Gasteiger partial charge in [0.05, 0.1) is 41.3 Å². The first-order chi connectivity index (χ1) is 15.5. The van der Waals surface area contributed by atoms with Crippen molar-refractivity contribution in [1.29, 1.82) is 0 Å². The molecule has 0 bridgehead atoms. The van der Waals surface area contributed by atoms with Crippen molar-refractivity contribution in [1.82, 2.24) is 19.7 Å². The molecule has 3 heterocycles. The first kappa shape index (κ1) is 22.8. The van der Waals surface area contributed by atoms with E-state index in [1.165, 1.54) is 11.8 Å². The number of carbonyl (C=O) groups excluding carboxylic acids is 1. The number of nitrogens with zero attached hydrogens (tertiary/aromatic N) is 5. The minimum atomic E-state index is -0.242. The van der Waals surface area contributed by atoms with Gasteiger partial charge in [0.25, 0.3) is 0 Å². The van der Waals surface area contributed by atoms with Crippen LogP contribution in [0.1, 0.15) is 11.3 Å². The molecule has 4 rings (SSSR count). The number of rotatable bonds is 7. The molecule has 32 heavy (non-hydrogen) atoms. The van der Waals surface area contributed by atoms with E-state index in [4.69, 9.17) is 27.9 Å². The van der Waals surface area contributed by atoms with Gasteiger partial charge in [-0.15, -0.1) is 10.2 Å². The number of pyridine rings is 1. The zero-order chi connectivity index (χ0) is 22.5. The third kappa shape index (κ3) is 5.53. The second-order valence-corrected chi connectivity index (χ2v) is 8.93. The molecule has 0 atom stereocenters. The highest BCUT2D eigenvalue weighted by Crippen LogP contribution is 2.27. The van der Waals surface area contributed by atoms with Crippen LogP contribution >= 0.6 is 35.0 Å². The van der Waals surface area contributed by atoms with Crippen molar-refractivity contribution in [2.45, 2.75) is 18.6 Å². The van der Waals surface area contributed by atoms with E-state index in [1.54, 1.807) is 13.0 Å². The fraction of sp³-hybridized carbons (Fsp3) is 0.333. The van der Waals surface area contributed by atoms with E-state index in [0.29, 0.717) is 46.5 Å². The van der Waals surface area contributed by atoms with Crippen LogP contribution in [-0.4, -0.2) is 57.7 Å². The van der Waals surface area contributed by atoms with Crippen LogP contribution in [0.15, 0.2) is 41.6 Å². The monoisotopic (exact) mass is 492 g/mol. The van der Waals surface area contributed by atoms with E-state index >= 15 is 0 Å². The third-order valence-corrected chi connectivity index (χ3v) is 6.51. The second-order valence-electron chi connectivity index (χ2n) is 7.18. The predicted molar refractivity (Wildman–Crippen MR) is 127 cm³/mol. The Morgan fingerprint density at radius 3 is 2.66 bits per heavy atom. The average molecular weight is 493 g/mol. The second kappa shape index (κ2) is 10.5. The minimum absolute atomic E-state index is 0.135. The van der Waals surface area contributed by atoms with E-state index < -0.39 is 0 Å². The first-order valence-corrected chi connectivity index (χ1v) is 11.8. The normalized spacial score (nSPS) is 13.9. The molecule has 168 valence electrons. The van der Waals surface area contributed by atoms with Crippen molar-refractivity contribution >= 4 is 52.6 Å². The Balaban J connectivity index is 1.49. The summed E-state index contributed by atoms with van der Waals surface area (Å²) in [5.74, 6) is 0.959. The zero-order valence-corrected chi connectivity index (χ0v) is 19.8. The standard InChI is InChI=1S/C21H22Cl2N6O2S/c1-14-16(22)11-17(23)19(24-14)25-18(30)13-32-21-27-26-20(28-7-9-31-10-8-28)29(21)12-15-5-3-2-4-6-15/h2-6,11H,7-10,12-13H2,1H3,(H,24,25,30). The number of carbonyl (C=O) groups is 1. The summed E-state index contributed by atoms with van der Waals surface area (Å²) in [7, 11) is 0.